The maximum Gasteiger partial charge on any atom is 0.276 e. The number of nitrogens with zero attached hydrogens (tertiary/aromatic N) is 2. The number of benzene rings is 1. The second-order valence-electron chi connectivity index (χ2n) is 4.77. The summed E-state index contributed by atoms with van der Waals surface area (Å²) < 4.78 is 10.4. The second-order valence-corrected chi connectivity index (χ2v) is 4.77. The van der Waals surface area contributed by atoms with Crippen molar-refractivity contribution >= 4 is 17.5 Å². The van der Waals surface area contributed by atoms with Crippen molar-refractivity contribution in [3.63, 3.8) is 0 Å². The number of carbonyl (C=O) groups is 2. The number of ether oxygens (including phenoxy) is 2. The number of hydrogen-bond acceptors (Lipinski definition) is 6. The summed E-state index contributed by atoms with van der Waals surface area (Å²) in [6.45, 7) is 2.25. The van der Waals surface area contributed by atoms with Gasteiger partial charge in [0.1, 0.15) is 12.4 Å². The van der Waals surface area contributed by atoms with Crippen molar-refractivity contribution in [1.82, 2.24) is 15.5 Å². The third-order valence-corrected chi connectivity index (χ3v) is 2.94. The van der Waals surface area contributed by atoms with Gasteiger partial charge in [0.05, 0.1) is 13.7 Å². The first-order chi connectivity index (χ1) is 11.6. The summed E-state index contributed by atoms with van der Waals surface area (Å²) in [4.78, 5) is 22.8. The number of methoxy groups -OCH3 is 1. The molecule has 0 radical (unpaired) electrons. The van der Waals surface area contributed by atoms with Crippen molar-refractivity contribution in [2.24, 2.45) is 0 Å². The van der Waals surface area contributed by atoms with Crippen LogP contribution in [0.25, 0.3) is 0 Å². The number of aromatic nitrogens is 2. The van der Waals surface area contributed by atoms with E-state index in [-0.39, 0.29) is 17.5 Å². The lowest BCUT2D eigenvalue weighted by molar-refractivity contribution is -0.119. The minimum Gasteiger partial charge on any atom is -0.492 e. The summed E-state index contributed by atoms with van der Waals surface area (Å²) in [5.74, 6) is 0.512. The van der Waals surface area contributed by atoms with Gasteiger partial charge in [-0.05, 0) is 30.3 Å². The van der Waals surface area contributed by atoms with Crippen LogP contribution in [0.2, 0.25) is 0 Å². The first-order valence-electron chi connectivity index (χ1n) is 7.25. The predicted molar refractivity (Wildman–Crippen MR) is 87.2 cm³/mol. The molecule has 0 aliphatic rings. The van der Waals surface area contributed by atoms with E-state index in [1.165, 1.54) is 20.1 Å². The van der Waals surface area contributed by atoms with Crippen LogP contribution in [-0.4, -0.2) is 42.3 Å². The minimum atomic E-state index is -0.371. The zero-order chi connectivity index (χ0) is 17.4. The molecule has 8 nitrogen and oxygen atoms in total. The maximum absolute atomic E-state index is 12.0. The summed E-state index contributed by atoms with van der Waals surface area (Å²) in [5, 5.41) is 12.9. The highest BCUT2D eigenvalue weighted by molar-refractivity contribution is 6.02. The number of nitrogens with one attached hydrogen (secondary N) is 2. The molecule has 2 aromatic rings. The van der Waals surface area contributed by atoms with E-state index in [2.05, 4.69) is 20.8 Å². The Labute approximate surface area is 139 Å². The Balaban J connectivity index is 1.86. The van der Waals surface area contributed by atoms with Gasteiger partial charge >= 0.3 is 0 Å². The first kappa shape index (κ1) is 17.2. The molecule has 0 atom stereocenters. The summed E-state index contributed by atoms with van der Waals surface area (Å²) >= 11 is 0. The number of rotatable bonds is 7. The Morgan fingerprint density at radius 1 is 1.08 bits per heavy atom. The van der Waals surface area contributed by atoms with Gasteiger partial charge in [-0.2, -0.15) is 0 Å². The van der Waals surface area contributed by atoms with E-state index in [0.29, 0.717) is 30.5 Å². The van der Waals surface area contributed by atoms with Gasteiger partial charge in [-0.1, -0.05) is 0 Å². The average Bonchev–Trinajstić information content (AvgIpc) is 2.60. The maximum atomic E-state index is 12.0. The molecule has 0 bridgehead atoms. The topological polar surface area (TPSA) is 102 Å². The Bertz CT molecular complexity index is 686. The molecule has 2 amide bonds. The molecule has 1 aromatic carbocycles. The van der Waals surface area contributed by atoms with Crippen molar-refractivity contribution in [3.8, 4) is 11.6 Å². The van der Waals surface area contributed by atoms with Gasteiger partial charge in [0.15, 0.2) is 5.69 Å². The van der Waals surface area contributed by atoms with Crippen molar-refractivity contribution < 1.29 is 19.1 Å². The molecule has 0 saturated carbocycles. The summed E-state index contributed by atoms with van der Waals surface area (Å²) in [6, 6.07) is 9.96. The van der Waals surface area contributed by atoms with Crippen molar-refractivity contribution in [2.75, 3.05) is 25.6 Å². The quantitative estimate of drug-likeness (QED) is 0.741. The van der Waals surface area contributed by atoms with Crippen LogP contribution >= 0.6 is 0 Å². The lowest BCUT2D eigenvalue weighted by atomic mass is 10.3. The van der Waals surface area contributed by atoms with Crippen LogP contribution in [0, 0.1) is 0 Å². The monoisotopic (exact) mass is 330 g/mol. The van der Waals surface area contributed by atoms with Crippen LogP contribution in [0.4, 0.5) is 5.69 Å². The second kappa shape index (κ2) is 8.47. The SMILES string of the molecule is COc1ccc(C(=O)Nc2ccc(OCCNC(C)=O)cc2)nn1. The lowest BCUT2D eigenvalue weighted by Crippen LogP contribution is -2.25. The van der Waals surface area contributed by atoms with Crippen molar-refractivity contribution in [1.29, 1.82) is 0 Å². The largest absolute Gasteiger partial charge is 0.492 e. The van der Waals surface area contributed by atoms with Crippen molar-refractivity contribution in [2.45, 2.75) is 6.92 Å². The van der Waals surface area contributed by atoms with Crippen LogP contribution in [-0.2, 0) is 4.79 Å². The average molecular weight is 330 g/mol. The van der Waals surface area contributed by atoms with Crippen LogP contribution in [0.1, 0.15) is 17.4 Å². The van der Waals surface area contributed by atoms with Gasteiger partial charge in [0.2, 0.25) is 11.8 Å². The van der Waals surface area contributed by atoms with E-state index in [4.69, 9.17) is 9.47 Å². The fourth-order valence-corrected chi connectivity index (χ4v) is 1.78. The highest BCUT2D eigenvalue weighted by Crippen LogP contribution is 2.16. The third kappa shape index (κ3) is 5.24. The molecule has 0 aliphatic heterocycles. The van der Waals surface area contributed by atoms with Gasteiger partial charge < -0.3 is 20.1 Å². The Morgan fingerprint density at radius 2 is 1.83 bits per heavy atom. The van der Waals surface area contributed by atoms with Crippen LogP contribution in [0.15, 0.2) is 36.4 Å². The van der Waals surface area contributed by atoms with Gasteiger partial charge in [0.25, 0.3) is 5.91 Å². The number of anilines is 1. The molecule has 24 heavy (non-hydrogen) atoms. The Morgan fingerprint density at radius 3 is 2.42 bits per heavy atom. The molecule has 8 heteroatoms. The molecule has 0 fully saturated rings. The minimum absolute atomic E-state index is 0.0988. The zero-order valence-corrected chi connectivity index (χ0v) is 13.4. The molecule has 0 spiro atoms. The van der Waals surface area contributed by atoms with Gasteiger partial charge in [-0.25, -0.2) is 0 Å². The first-order valence-corrected chi connectivity index (χ1v) is 7.25. The van der Waals surface area contributed by atoms with Gasteiger partial charge in [0, 0.05) is 18.7 Å². The van der Waals surface area contributed by atoms with E-state index in [1.54, 1.807) is 30.3 Å². The molecule has 0 aliphatic carbocycles. The summed E-state index contributed by atoms with van der Waals surface area (Å²) in [6.07, 6.45) is 0. The van der Waals surface area contributed by atoms with Crippen LogP contribution in [0.3, 0.4) is 0 Å². The molecular formula is C16H18N4O4. The highest BCUT2D eigenvalue weighted by Gasteiger charge is 2.09. The van der Waals surface area contributed by atoms with E-state index in [0.717, 1.165) is 0 Å². The molecule has 1 aromatic heterocycles. The van der Waals surface area contributed by atoms with Gasteiger partial charge in [-0.3, -0.25) is 9.59 Å². The zero-order valence-electron chi connectivity index (χ0n) is 13.4. The molecule has 0 saturated heterocycles. The lowest BCUT2D eigenvalue weighted by Gasteiger charge is -2.08. The normalized spacial score (nSPS) is 9.92. The standard InChI is InChI=1S/C16H18N4O4/c1-11(21)17-9-10-24-13-5-3-12(4-6-13)18-16(22)14-7-8-15(23-2)20-19-14/h3-8H,9-10H2,1-2H3,(H,17,21)(H,18,22). The predicted octanol–water partition coefficient (Wildman–Crippen LogP) is 1.25. The van der Waals surface area contributed by atoms with Crippen LogP contribution in [0.5, 0.6) is 11.6 Å². The summed E-state index contributed by atoms with van der Waals surface area (Å²) in [5.41, 5.74) is 0.790. The van der Waals surface area contributed by atoms with E-state index in [9.17, 15) is 9.59 Å². The highest BCUT2D eigenvalue weighted by atomic mass is 16.5. The number of carbonyl (C=O) groups excluding carboxylic acids is 2. The van der Waals surface area contributed by atoms with E-state index in [1.807, 2.05) is 0 Å². The molecule has 1 heterocycles. The van der Waals surface area contributed by atoms with Crippen molar-refractivity contribution in [3.05, 3.63) is 42.1 Å². The molecule has 0 unspecified atom stereocenters. The molecule has 126 valence electrons. The molecule has 2 N–H and O–H groups in total. The van der Waals surface area contributed by atoms with E-state index >= 15 is 0 Å². The molecular weight excluding hydrogens is 312 g/mol. The fourth-order valence-electron chi connectivity index (χ4n) is 1.78. The third-order valence-electron chi connectivity index (χ3n) is 2.94. The fraction of sp³-hybridized carbons (Fsp3) is 0.250. The Hall–Kier alpha value is -3.16. The number of hydrogen-bond donors (Lipinski definition) is 2. The summed E-state index contributed by atoms with van der Waals surface area (Å²) in [7, 11) is 1.48. The molecule has 2 rings (SSSR count). The Kier molecular flexibility index (Phi) is 6.07. The van der Waals surface area contributed by atoms with Crippen LogP contribution < -0.4 is 20.1 Å². The van der Waals surface area contributed by atoms with E-state index < -0.39 is 0 Å². The van der Waals surface area contributed by atoms with Gasteiger partial charge in [-0.15, -0.1) is 10.2 Å². The number of amides is 2. The smallest absolute Gasteiger partial charge is 0.276 e.